The predicted octanol–water partition coefficient (Wildman–Crippen LogP) is 3.85. The molecular weight excluding hydrogens is 578 g/mol. The maximum atomic E-state index is 14.0. The summed E-state index contributed by atoms with van der Waals surface area (Å²) in [6.45, 7) is 10.7. The number of carbonyl (C=O) groups excluding carboxylic acids is 3. The molecule has 2 aliphatic heterocycles. The highest BCUT2D eigenvalue weighted by molar-refractivity contribution is 6.95. The number of aromatic nitrogens is 2. The van der Waals surface area contributed by atoms with Gasteiger partial charge in [-0.15, -0.1) is 11.6 Å². The van der Waals surface area contributed by atoms with E-state index in [2.05, 4.69) is 18.4 Å². The average molecular weight is 612 g/mol. The number of fused-ring (bicyclic) bond motifs is 5. The summed E-state index contributed by atoms with van der Waals surface area (Å²) in [5.41, 5.74) is 0.938. The number of cyclic esters (lactones) is 1. The summed E-state index contributed by atoms with van der Waals surface area (Å²) in [4.78, 5) is 57.2. The Kier molecular flexibility index (Phi) is 7.47. The highest BCUT2D eigenvalue weighted by atomic mass is 35.5. The number of carbonyl (C=O) groups is 3. The molecule has 2 aliphatic rings. The summed E-state index contributed by atoms with van der Waals surface area (Å²) in [5, 5.41) is 4.51. The van der Waals surface area contributed by atoms with Crippen molar-refractivity contribution in [2.24, 2.45) is 0 Å². The average Bonchev–Trinajstić information content (AvgIpc) is 3.29. The van der Waals surface area contributed by atoms with E-state index in [1.807, 2.05) is 24.3 Å². The molecule has 1 amide bonds. The van der Waals surface area contributed by atoms with Gasteiger partial charge >= 0.3 is 18.0 Å². The van der Waals surface area contributed by atoms with Gasteiger partial charge in [-0.3, -0.25) is 9.59 Å². The van der Waals surface area contributed by atoms with E-state index >= 15 is 0 Å². The van der Waals surface area contributed by atoms with Crippen LogP contribution in [-0.4, -0.2) is 53.3 Å². The van der Waals surface area contributed by atoms with Crippen molar-refractivity contribution in [2.75, 3.05) is 12.0 Å². The molecule has 12 heteroatoms. The first-order valence-corrected chi connectivity index (χ1v) is 17.6. The van der Waals surface area contributed by atoms with Gasteiger partial charge < -0.3 is 24.1 Å². The highest BCUT2D eigenvalue weighted by Gasteiger charge is 2.50. The number of para-hydroxylation sites is 1. The molecule has 3 aromatic rings. The summed E-state index contributed by atoms with van der Waals surface area (Å²) in [6.07, 6.45) is -0.795. The number of alkyl carbamates (subject to hydrolysis) is 1. The SMILES string of the molecule is CCC1(OC(=O)CNC(=O)OC(C)(C)C)C(=O)OCc2c1cc1n(c2=O)Cc2c-1nc1ccccc1c2[Si](C)(C)CCl. The molecule has 42 heavy (non-hydrogen) atoms. The topological polar surface area (TPSA) is 126 Å². The summed E-state index contributed by atoms with van der Waals surface area (Å²) in [7, 11) is -2.15. The maximum Gasteiger partial charge on any atom is 0.408 e. The van der Waals surface area contributed by atoms with Gasteiger partial charge in [0.25, 0.3) is 5.56 Å². The van der Waals surface area contributed by atoms with Crippen LogP contribution in [0.3, 0.4) is 0 Å². The number of hydrogen-bond donors (Lipinski definition) is 1. The van der Waals surface area contributed by atoms with Gasteiger partial charge in [-0.25, -0.2) is 14.6 Å². The number of hydrogen-bond acceptors (Lipinski definition) is 8. The fraction of sp³-hybridized carbons (Fsp3) is 0.433. The van der Waals surface area contributed by atoms with E-state index in [0.717, 1.165) is 21.7 Å². The lowest BCUT2D eigenvalue weighted by atomic mass is 9.85. The Balaban J connectivity index is 1.61. The normalized spacial score (nSPS) is 17.6. The molecule has 5 rings (SSSR count). The smallest absolute Gasteiger partial charge is 0.408 e. The fourth-order valence-corrected chi connectivity index (χ4v) is 8.20. The summed E-state index contributed by atoms with van der Waals surface area (Å²) >= 11 is 6.51. The third-order valence-corrected chi connectivity index (χ3v) is 12.2. The highest BCUT2D eigenvalue weighted by Crippen LogP contribution is 2.41. The molecule has 2 aromatic heterocycles. The first-order valence-electron chi connectivity index (χ1n) is 13.8. The van der Waals surface area contributed by atoms with Crippen molar-refractivity contribution in [3.63, 3.8) is 0 Å². The minimum Gasteiger partial charge on any atom is -0.457 e. The molecule has 1 aromatic carbocycles. The molecule has 0 saturated heterocycles. The van der Waals surface area contributed by atoms with E-state index in [-0.39, 0.29) is 29.7 Å². The molecule has 0 bridgehead atoms. The number of esters is 2. The lowest BCUT2D eigenvalue weighted by Crippen LogP contribution is -2.49. The zero-order valence-corrected chi connectivity index (χ0v) is 26.3. The van der Waals surface area contributed by atoms with E-state index in [1.54, 1.807) is 38.3 Å². The van der Waals surface area contributed by atoms with Crippen LogP contribution < -0.4 is 16.1 Å². The van der Waals surface area contributed by atoms with Crippen LogP contribution in [0.1, 0.15) is 50.8 Å². The number of pyridine rings is 2. The van der Waals surface area contributed by atoms with Crippen molar-refractivity contribution >= 4 is 53.8 Å². The molecule has 1 atom stereocenters. The molecule has 0 spiro atoms. The van der Waals surface area contributed by atoms with Crippen LogP contribution in [0.4, 0.5) is 4.79 Å². The van der Waals surface area contributed by atoms with Gasteiger partial charge in [0.15, 0.2) is 0 Å². The zero-order chi connectivity index (χ0) is 30.6. The number of amides is 1. The Labute approximate surface area is 249 Å². The molecule has 1 N–H and O–H groups in total. The van der Waals surface area contributed by atoms with Gasteiger partial charge in [-0.1, -0.05) is 38.2 Å². The van der Waals surface area contributed by atoms with E-state index in [0.29, 0.717) is 23.4 Å². The predicted molar refractivity (Wildman–Crippen MR) is 160 cm³/mol. The molecule has 10 nitrogen and oxygen atoms in total. The lowest BCUT2D eigenvalue weighted by molar-refractivity contribution is -0.188. The van der Waals surface area contributed by atoms with Gasteiger partial charge in [0.05, 0.1) is 37.1 Å². The lowest BCUT2D eigenvalue weighted by Gasteiger charge is -2.35. The molecule has 0 saturated carbocycles. The number of ether oxygens (including phenoxy) is 3. The Morgan fingerprint density at radius 2 is 1.90 bits per heavy atom. The molecule has 1 unspecified atom stereocenters. The molecule has 0 radical (unpaired) electrons. The van der Waals surface area contributed by atoms with Gasteiger partial charge in [-0.05, 0) is 55.5 Å². The molecule has 4 heterocycles. The third-order valence-electron chi connectivity index (χ3n) is 7.64. The second-order valence-electron chi connectivity index (χ2n) is 12.2. The standard InChI is InChI=1S/C30H34ClN3O7Si/c1-7-30(40-23(35)13-32-28(38)41-29(2,3)4)20-12-22-24-18(14-34(22)26(36)19(20)15-39-27(30)37)25(42(5,6)16-31)17-10-8-9-11-21(17)33-24/h8-12H,7,13-16H2,1-6H3,(H,32,38). The van der Waals surface area contributed by atoms with E-state index in [4.69, 9.17) is 30.8 Å². The quantitative estimate of drug-likeness (QED) is 0.151. The van der Waals surface area contributed by atoms with Crippen molar-refractivity contribution in [1.82, 2.24) is 14.9 Å². The number of benzene rings is 1. The van der Waals surface area contributed by atoms with Gasteiger partial charge in [-0.2, -0.15) is 0 Å². The van der Waals surface area contributed by atoms with E-state index in [1.165, 1.54) is 0 Å². The van der Waals surface area contributed by atoms with Crippen LogP contribution in [0.15, 0.2) is 35.1 Å². The number of nitrogens with one attached hydrogen (secondary N) is 1. The van der Waals surface area contributed by atoms with Crippen molar-refractivity contribution in [2.45, 2.75) is 71.6 Å². The minimum absolute atomic E-state index is 0.00928. The largest absolute Gasteiger partial charge is 0.457 e. The molecule has 0 fully saturated rings. The first kappa shape index (κ1) is 29.8. The van der Waals surface area contributed by atoms with Crippen LogP contribution in [0.5, 0.6) is 0 Å². The minimum atomic E-state index is -2.15. The Morgan fingerprint density at radius 3 is 2.57 bits per heavy atom. The second kappa shape index (κ2) is 10.5. The monoisotopic (exact) mass is 611 g/mol. The van der Waals surface area contributed by atoms with Gasteiger partial charge in [0.2, 0.25) is 5.60 Å². The van der Waals surface area contributed by atoms with Crippen LogP contribution in [0, 0.1) is 0 Å². The fourth-order valence-electron chi connectivity index (χ4n) is 5.71. The third kappa shape index (κ3) is 4.98. The number of alkyl halides is 1. The van der Waals surface area contributed by atoms with Crippen molar-refractivity contribution in [3.8, 4) is 11.4 Å². The van der Waals surface area contributed by atoms with Crippen LogP contribution >= 0.6 is 11.6 Å². The van der Waals surface area contributed by atoms with Gasteiger partial charge in [0.1, 0.15) is 18.8 Å². The summed E-state index contributed by atoms with van der Waals surface area (Å²) < 4.78 is 18.0. The van der Waals surface area contributed by atoms with Gasteiger partial charge in [0, 0.05) is 11.1 Å². The van der Waals surface area contributed by atoms with Crippen LogP contribution in [0.2, 0.25) is 13.1 Å². The van der Waals surface area contributed by atoms with Crippen molar-refractivity contribution < 1.29 is 28.6 Å². The van der Waals surface area contributed by atoms with Crippen LogP contribution in [0.25, 0.3) is 22.3 Å². The molecular formula is C30H34ClN3O7Si. The summed E-state index contributed by atoms with van der Waals surface area (Å²) in [5.74, 6) is -1.66. The van der Waals surface area contributed by atoms with E-state index in [9.17, 15) is 19.2 Å². The number of nitrogens with zero attached hydrogens (tertiary/aromatic N) is 2. The van der Waals surface area contributed by atoms with Crippen LogP contribution in [-0.2, 0) is 42.6 Å². The molecule has 0 aliphatic carbocycles. The zero-order valence-electron chi connectivity index (χ0n) is 24.6. The number of halogens is 1. The van der Waals surface area contributed by atoms with Crippen molar-refractivity contribution in [1.29, 1.82) is 0 Å². The first-order chi connectivity index (χ1) is 19.7. The van der Waals surface area contributed by atoms with Crippen molar-refractivity contribution in [3.05, 3.63) is 57.4 Å². The Bertz CT molecular complexity index is 1690. The summed E-state index contributed by atoms with van der Waals surface area (Å²) in [6, 6.07) is 9.58. The Morgan fingerprint density at radius 1 is 1.19 bits per heavy atom. The molecule has 222 valence electrons. The van der Waals surface area contributed by atoms with E-state index < -0.39 is 43.9 Å². The maximum absolute atomic E-state index is 14.0. The number of rotatable bonds is 6. The second-order valence-corrected chi connectivity index (χ2v) is 17.6. The Hall–Kier alpha value is -3.70.